The number of hydrogen-bond donors (Lipinski definition) is 3. The summed E-state index contributed by atoms with van der Waals surface area (Å²) in [6.07, 6.45) is 0.619. The van der Waals surface area contributed by atoms with E-state index in [1.54, 1.807) is 0 Å². The Morgan fingerprint density at radius 2 is 1.68 bits per heavy atom. The lowest BCUT2D eigenvalue weighted by atomic mass is 9.98. The SMILES string of the molecule is CN=C(NCC(=O)NC(C)(C)C)NCC1CCN(S(=O)(=O)C(F)(F)F)CC1.I. The molecule has 0 bridgehead atoms. The molecule has 1 heterocycles. The fourth-order valence-electron chi connectivity index (χ4n) is 2.59. The lowest BCUT2D eigenvalue weighted by Crippen LogP contribution is -2.49. The van der Waals surface area contributed by atoms with Crippen LogP contribution in [0.2, 0.25) is 0 Å². The second-order valence-electron chi connectivity index (χ2n) is 7.40. The topological polar surface area (TPSA) is 103 Å². The Kier molecular flexibility index (Phi) is 10.5. The molecule has 1 aliphatic rings. The van der Waals surface area contributed by atoms with Gasteiger partial charge in [0.25, 0.3) is 0 Å². The molecular formula is C15H29F3IN5O3S. The Bertz CT molecular complexity index is 642. The summed E-state index contributed by atoms with van der Waals surface area (Å²) >= 11 is 0. The molecule has 1 amide bonds. The first-order chi connectivity index (χ1) is 12.3. The summed E-state index contributed by atoms with van der Waals surface area (Å²) in [5, 5.41) is 8.66. The van der Waals surface area contributed by atoms with E-state index in [-0.39, 0.29) is 61.0 Å². The summed E-state index contributed by atoms with van der Waals surface area (Å²) in [7, 11) is -3.72. The van der Waals surface area contributed by atoms with Gasteiger partial charge < -0.3 is 16.0 Å². The molecule has 0 aliphatic carbocycles. The van der Waals surface area contributed by atoms with Crippen LogP contribution in [0, 0.1) is 5.92 Å². The smallest absolute Gasteiger partial charge is 0.356 e. The van der Waals surface area contributed by atoms with Crippen LogP contribution in [-0.4, -0.2) is 68.9 Å². The molecule has 166 valence electrons. The molecule has 0 aromatic carbocycles. The van der Waals surface area contributed by atoms with E-state index in [1.807, 2.05) is 20.8 Å². The van der Waals surface area contributed by atoms with Gasteiger partial charge in [-0.1, -0.05) is 0 Å². The van der Waals surface area contributed by atoms with E-state index in [9.17, 15) is 26.4 Å². The van der Waals surface area contributed by atoms with Crippen molar-refractivity contribution in [1.82, 2.24) is 20.3 Å². The average Bonchev–Trinajstić information content (AvgIpc) is 2.52. The van der Waals surface area contributed by atoms with Crippen LogP contribution in [0.1, 0.15) is 33.6 Å². The molecule has 0 unspecified atom stereocenters. The molecule has 0 saturated carbocycles. The Hall–Kier alpha value is -0.830. The number of amides is 1. The quantitative estimate of drug-likeness (QED) is 0.275. The van der Waals surface area contributed by atoms with E-state index in [0.717, 1.165) is 0 Å². The zero-order valence-corrected chi connectivity index (χ0v) is 19.5. The van der Waals surface area contributed by atoms with Crippen molar-refractivity contribution in [2.24, 2.45) is 10.9 Å². The number of nitrogens with one attached hydrogen (secondary N) is 3. The minimum Gasteiger partial charge on any atom is -0.356 e. The van der Waals surface area contributed by atoms with Gasteiger partial charge in [0.1, 0.15) is 0 Å². The standard InChI is InChI=1S/C15H28F3N5O3S.HI/c1-14(2,3)22-12(24)10-21-13(19-4)20-9-11-5-7-23(8-6-11)27(25,26)15(16,17)18;/h11H,5-10H2,1-4H3,(H,22,24)(H2,19,20,21);1H. The first-order valence-corrected chi connectivity index (χ1v) is 10.0. The minimum atomic E-state index is -5.27. The van der Waals surface area contributed by atoms with E-state index in [1.165, 1.54) is 7.05 Å². The van der Waals surface area contributed by atoms with Crippen molar-refractivity contribution >= 4 is 45.9 Å². The Morgan fingerprint density at radius 3 is 2.11 bits per heavy atom. The highest BCUT2D eigenvalue weighted by atomic mass is 127. The van der Waals surface area contributed by atoms with Crippen molar-refractivity contribution in [2.45, 2.75) is 44.7 Å². The third-order valence-electron chi connectivity index (χ3n) is 3.92. The number of halogens is 4. The number of guanidine groups is 1. The molecule has 1 aliphatic heterocycles. The van der Waals surface area contributed by atoms with Crippen molar-refractivity contribution in [3.8, 4) is 0 Å². The maximum atomic E-state index is 12.6. The van der Waals surface area contributed by atoms with Crippen LogP contribution in [0.5, 0.6) is 0 Å². The van der Waals surface area contributed by atoms with Gasteiger partial charge >= 0.3 is 15.5 Å². The second-order valence-corrected chi connectivity index (χ2v) is 9.33. The predicted octanol–water partition coefficient (Wildman–Crippen LogP) is 1.25. The number of carbonyl (C=O) groups is 1. The van der Waals surface area contributed by atoms with Crippen molar-refractivity contribution in [1.29, 1.82) is 0 Å². The largest absolute Gasteiger partial charge is 0.511 e. The molecule has 0 aromatic heterocycles. The van der Waals surface area contributed by atoms with Crippen LogP contribution in [0.15, 0.2) is 4.99 Å². The van der Waals surface area contributed by atoms with Crippen LogP contribution in [0.3, 0.4) is 0 Å². The number of alkyl halides is 3. The van der Waals surface area contributed by atoms with Crippen molar-refractivity contribution in [3.05, 3.63) is 0 Å². The van der Waals surface area contributed by atoms with Gasteiger partial charge in [0, 0.05) is 32.2 Å². The van der Waals surface area contributed by atoms with E-state index in [2.05, 4.69) is 20.9 Å². The summed E-state index contributed by atoms with van der Waals surface area (Å²) in [5.74, 6) is 0.201. The molecule has 0 spiro atoms. The monoisotopic (exact) mass is 543 g/mol. The number of hydrogen-bond acceptors (Lipinski definition) is 4. The van der Waals surface area contributed by atoms with Crippen LogP contribution in [0.4, 0.5) is 13.2 Å². The van der Waals surface area contributed by atoms with Gasteiger partial charge in [0.15, 0.2) is 5.96 Å². The molecule has 28 heavy (non-hydrogen) atoms. The zero-order valence-electron chi connectivity index (χ0n) is 16.4. The highest BCUT2D eigenvalue weighted by Gasteiger charge is 2.50. The molecule has 1 rings (SSSR count). The molecular weight excluding hydrogens is 514 g/mol. The molecule has 0 atom stereocenters. The molecule has 3 N–H and O–H groups in total. The fourth-order valence-corrected chi connectivity index (χ4v) is 3.57. The summed E-state index contributed by atoms with van der Waals surface area (Å²) < 4.78 is 61.0. The van der Waals surface area contributed by atoms with Gasteiger partial charge in [0.2, 0.25) is 5.91 Å². The second kappa shape index (κ2) is 10.8. The number of piperidine rings is 1. The van der Waals surface area contributed by atoms with Gasteiger partial charge in [-0.05, 0) is 39.5 Å². The van der Waals surface area contributed by atoms with Gasteiger partial charge in [-0.2, -0.15) is 17.5 Å². The van der Waals surface area contributed by atoms with Crippen LogP contribution >= 0.6 is 24.0 Å². The zero-order chi connectivity index (χ0) is 20.9. The van der Waals surface area contributed by atoms with E-state index < -0.39 is 15.5 Å². The molecule has 0 radical (unpaired) electrons. The summed E-state index contributed by atoms with van der Waals surface area (Å²) in [6, 6.07) is 0. The van der Waals surface area contributed by atoms with Gasteiger partial charge in [0.05, 0.1) is 6.54 Å². The van der Waals surface area contributed by atoms with Gasteiger partial charge in [-0.15, -0.1) is 24.0 Å². The van der Waals surface area contributed by atoms with E-state index in [0.29, 0.717) is 29.7 Å². The Labute approximate surface area is 181 Å². The molecule has 8 nitrogen and oxygen atoms in total. The van der Waals surface area contributed by atoms with Crippen molar-refractivity contribution < 1.29 is 26.4 Å². The lowest BCUT2D eigenvalue weighted by Gasteiger charge is -2.31. The maximum Gasteiger partial charge on any atom is 0.511 e. The van der Waals surface area contributed by atoms with Crippen molar-refractivity contribution in [2.75, 3.05) is 33.2 Å². The summed E-state index contributed by atoms with van der Waals surface area (Å²) in [6.45, 7) is 5.69. The van der Waals surface area contributed by atoms with Crippen LogP contribution in [-0.2, 0) is 14.8 Å². The lowest BCUT2D eigenvalue weighted by molar-refractivity contribution is -0.121. The predicted molar refractivity (Wildman–Crippen MR) is 112 cm³/mol. The first kappa shape index (κ1) is 27.2. The maximum absolute atomic E-state index is 12.6. The van der Waals surface area contributed by atoms with E-state index >= 15 is 0 Å². The number of carbonyl (C=O) groups excluding carboxylic acids is 1. The Morgan fingerprint density at radius 1 is 1.14 bits per heavy atom. The minimum absolute atomic E-state index is 0. The summed E-state index contributed by atoms with van der Waals surface area (Å²) in [4.78, 5) is 15.8. The molecule has 0 aromatic rings. The number of aliphatic imine (C=N–C) groups is 1. The van der Waals surface area contributed by atoms with Crippen LogP contribution < -0.4 is 16.0 Å². The van der Waals surface area contributed by atoms with Crippen molar-refractivity contribution in [3.63, 3.8) is 0 Å². The third-order valence-corrected chi connectivity index (χ3v) is 5.55. The number of sulfonamides is 1. The fraction of sp³-hybridized carbons (Fsp3) is 0.867. The third kappa shape index (κ3) is 8.68. The number of nitrogens with zero attached hydrogens (tertiary/aromatic N) is 2. The number of rotatable bonds is 5. The summed E-state index contributed by atoms with van der Waals surface area (Å²) in [5.41, 5.74) is -5.61. The highest BCUT2D eigenvalue weighted by Crippen LogP contribution is 2.30. The normalized spacial score (nSPS) is 17.6. The highest BCUT2D eigenvalue weighted by molar-refractivity contribution is 14.0. The van der Waals surface area contributed by atoms with Crippen LogP contribution in [0.25, 0.3) is 0 Å². The Balaban J connectivity index is 0.00000729. The molecule has 13 heteroatoms. The van der Waals surface area contributed by atoms with Gasteiger partial charge in [-0.3, -0.25) is 9.79 Å². The van der Waals surface area contributed by atoms with Gasteiger partial charge in [-0.25, -0.2) is 8.42 Å². The first-order valence-electron chi connectivity index (χ1n) is 8.58. The molecule has 1 fully saturated rings. The molecule has 1 saturated heterocycles. The average molecular weight is 543 g/mol. The van der Waals surface area contributed by atoms with E-state index in [4.69, 9.17) is 0 Å².